The van der Waals surface area contributed by atoms with Gasteiger partial charge in [-0.2, -0.15) is 4.72 Å². The maximum Gasteiger partial charge on any atom is 0.305 e. The Morgan fingerprint density at radius 3 is 2.29 bits per heavy atom. The van der Waals surface area contributed by atoms with Gasteiger partial charge < -0.3 is 15.2 Å². The molecular formula is C19H22N2O6S. The van der Waals surface area contributed by atoms with Gasteiger partial charge >= 0.3 is 5.97 Å². The van der Waals surface area contributed by atoms with Crippen LogP contribution >= 0.6 is 0 Å². The fraction of sp³-hybridized carbons (Fsp3) is 0.263. The van der Waals surface area contributed by atoms with Gasteiger partial charge in [0.1, 0.15) is 11.8 Å². The van der Waals surface area contributed by atoms with E-state index in [1.807, 2.05) is 30.3 Å². The van der Waals surface area contributed by atoms with Crippen LogP contribution in [-0.2, 0) is 26.0 Å². The number of nitrogens with one attached hydrogen (secondary N) is 2. The molecule has 0 aliphatic heterocycles. The van der Waals surface area contributed by atoms with Gasteiger partial charge in [0.15, 0.2) is 0 Å². The summed E-state index contributed by atoms with van der Waals surface area (Å²) >= 11 is 0. The number of carboxylic acid groups (broad SMARTS) is 1. The summed E-state index contributed by atoms with van der Waals surface area (Å²) < 4.78 is 32.1. The van der Waals surface area contributed by atoms with Crippen molar-refractivity contribution in [3.8, 4) is 5.75 Å². The molecule has 0 bridgehead atoms. The summed E-state index contributed by atoms with van der Waals surface area (Å²) in [5.41, 5.74) is 0.997. The SMILES string of the molecule is COc1ccc(S(=O)(=O)N[C@@H](CC(=O)O)C(=O)NCCc2ccccc2)cc1. The van der Waals surface area contributed by atoms with Crippen molar-refractivity contribution in [3.63, 3.8) is 0 Å². The molecule has 0 aliphatic carbocycles. The van der Waals surface area contributed by atoms with E-state index in [1.165, 1.54) is 31.4 Å². The van der Waals surface area contributed by atoms with E-state index >= 15 is 0 Å². The quantitative estimate of drug-likeness (QED) is 0.545. The van der Waals surface area contributed by atoms with Crippen LogP contribution in [0.25, 0.3) is 0 Å². The highest BCUT2D eigenvalue weighted by Crippen LogP contribution is 2.16. The summed E-state index contributed by atoms with van der Waals surface area (Å²) in [7, 11) is -2.63. The van der Waals surface area contributed by atoms with Crippen molar-refractivity contribution < 1.29 is 27.9 Å². The number of rotatable bonds is 10. The van der Waals surface area contributed by atoms with Crippen molar-refractivity contribution in [2.45, 2.75) is 23.8 Å². The van der Waals surface area contributed by atoms with Gasteiger partial charge in [0.25, 0.3) is 0 Å². The summed E-state index contributed by atoms with van der Waals surface area (Å²) in [6, 6.07) is 13.5. The van der Waals surface area contributed by atoms with Crippen LogP contribution in [0.4, 0.5) is 0 Å². The highest BCUT2D eigenvalue weighted by Gasteiger charge is 2.27. The summed E-state index contributed by atoms with van der Waals surface area (Å²) in [6.07, 6.45) is -0.135. The molecule has 0 fully saturated rings. The van der Waals surface area contributed by atoms with Crippen molar-refractivity contribution in [2.75, 3.05) is 13.7 Å². The first-order chi connectivity index (χ1) is 13.3. The van der Waals surface area contributed by atoms with Crippen LogP contribution in [0.15, 0.2) is 59.5 Å². The number of benzene rings is 2. The maximum absolute atomic E-state index is 12.5. The molecular weight excluding hydrogens is 384 g/mol. The smallest absolute Gasteiger partial charge is 0.305 e. The summed E-state index contributed by atoms with van der Waals surface area (Å²) in [5.74, 6) is -1.52. The first kappa shape index (κ1) is 21.4. The highest BCUT2D eigenvalue weighted by molar-refractivity contribution is 7.89. The van der Waals surface area contributed by atoms with Crippen LogP contribution in [0, 0.1) is 0 Å². The molecule has 9 heteroatoms. The molecule has 0 aliphatic rings. The molecule has 150 valence electrons. The van der Waals surface area contributed by atoms with Crippen LogP contribution in [0.1, 0.15) is 12.0 Å². The summed E-state index contributed by atoms with van der Waals surface area (Å²) in [6.45, 7) is 0.253. The zero-order chi connectivity index (χ0) is 20.6. The second-order valence-electron chi connectivity index (χ2n) is 5.97. The average Bonchev–Trinajstić information content (AvgIpc) is 2.67. The van der Waals surface area contributed by atoms with E-state index in [-0.39, 0.29) is 11.4 Å². The van der Waals surface area contributed by atoms with Gasteiger partial charge in [0, 0.05) is 6.54 Å². The zero-order valence-corrected chi connectivity index (χ0v) is 16.1. The monoisotopic (exact) mass is 406 g/mol. The van der Waals surface area contributed by atoms with E-state index in [2.05, 4.69) is 10.0 Å². The molecule has 0 spiro atoms. The van der Waals surface area contributed by atoms with E-state index in [4.69, 9.17) is 9.84 Å². The minimum atomic E-state index is -4.08. The Labute approximate surface area is 163 Å². The fourth-order valence-electron chi connectivity index (χ4n) is 2.47. The molecule has 1 atom stereocenters. The van der Waals surface area contributed by atoms with Crippen molar-refractivity contribution in [1.82, 2.24) is 10.0 Å². The first-order valence-corrected chi connectivity index (χ1v) is 10.00. The minimum absolute atomic E-state index is 0.0965. The van der Waals surface area contributed by atoms with Crippen molar-refractivity contribution in [1.29, 1.82) is 0 Å². The Morgan fingerprint density at radius 2 is 1.71 bits per heavy atom. The Hall–Kier alpha value is -2.91. The number of hydrogen-bond donors (Lipinski definition) is 3. The lowest BCUT2D eigenvalue weighted by Gasteiger charge is -2.17. The molecule has 2 aromatic carbocycles. The molecule has 2 aromatic rings. The predicted molar refractivity (Wildman–Crippen MR) is 103 cm³/mol. The Bertz CT molecular complexity index is 898. The second kappa shape index (κ2) is 9.86. The normalized spacial score (nSPS) is 12.2. The molecule has 0 unspecified atom stereocenters. The first-order valence-electron chi connectivity index (χ1n) is 8.51. The molecule has 28 heavy (non-hydrogen) atoms. The number of amides is 1. The van der Waals surface area contributed by atoms with Crippen molar-refractivity contribution in [2.24, 2.45) is 0 Å². The molecule has 0 radical (unpaired) electrons. The van der Waals surface area contributed by atoms with Crippen LogP contribution in [0.3, 0.4) is 0 Å². The zero-order valence-electron chi connectivity index (χ0n) is 15.3. The van der Waals surface area contributed by atoms with E-state index in [9.17, 15) is 18.0 Å². The fourth-order valence-corrected chi connectivity index (χ4v) is 3.67. The molecule has 0 saturated heterocycles. The Balaban J connectivity index is 2.04. The lowest BCUT2D eigenvalue weighted by Crippen LogP contribution is -2.48. The van der Waals surface area contributed by atoms with Gasteiger partial charge in [-0.25, -0.2) is 8.42 Å². The van der Waals surface area contributed by atoms with Crippen LogP contribution < -0.4 is 14.8 Å². The predicted octanol–water partition coefficient (Wildman–Crippen LogP) is 1.18. The Kier molecular flexibility index (Phi) is 7.53. The highest BCUT2D eigenvalue weighted by atomic mass is 32.2. The van der Waals surface area contributed by atoms with Gasteiger partial charge in [0.2, 0.25) is 15.9 Å². The third kappa shape index (κ3) is 6.36. The number of methoxy groups -OCH3 is 1. The van der Waals surface area contributed by atoms with E-state index in [1.54, 1.807) is 0 Å². The lowest BCUT2D eigenvalue weighted by atomic mass is 10.1. The van der Waals surface area contributed by atoms with Crippen molar-refractivity contribution in [3.05, 3.63) is 60.2 Å². The number of carboxylic acids is 1. The molecule has 1 amide bonds. The third-order valence-corrected chi connectivity index (χ3v) is 5.41. The van der Waals surface area contributed by atoms with Gasteiger partial charge in [-0.3, -0.25) is 9.59 Å². The lowest BCUT2D eigenvalue weighted by molar-refractivity contribution is -0.139. The topological polar surface area (TPSA) is 122 Å². The molecule has 0 heterocycles. The van der Waals surface area contributed by atoms with Gasteiger partial charge in [-0.05, 0) is 36.2 Å². The van der Waals surface area contributed by atoms with E-state index in [0.29, 0.717) is 12.2 Å². The number of aliphatic carboxylic acids is 1. The maximum atomic E-state index is 12.5. The van der Waals surface area contributed by atoms with Crippen LogP contribution in [-0.4, -0.2) is 45.1 Å². The van der Waals surface area contributed by atoms with E-state index in [0.717, 1.165) is 5.56 Å². The largest absolute Gasteiger partial charge is 0.497 e. The number of hydrogen-bond acceptors (Lipinski definition) is 5. The van der Waals surface area contributed by atoms with Crippen LogP contribution in [0.5, 0.6) is 5.75 Å². The third-order valence-electron chi connectivity index (χ3n) is 3.92. The van der Waals surface area contributed by atoms with Gasteiger partial charge in [0.05, 0.1) is 18.4 Å². The standard InChI is InChI=1S/C19H22N2O6S/c1-27-15-7-9-16(10-8-15)28(25,26)21-17(13-18(22)23)19(24)20-12-11-14-5-3-2-4-6-14/h2-10,17,21H,11-13H2,1H3,(H,20,24)(H,22,23)/t17-/m0/s1. The Morgan fingerprint density at radius 1 is 1.07 bits per heavy atom. The average molecular weight is 406 g/mol. The van der Waals surface area contributed by atoms with Gasteiger partial charge in [-0.15, -0.1) is 0 Å². The number of sulfonamides is 1. The number of carbonyl (C=O) groups is 2. The van der Waals surface area contributed by atoms with E-state index < -0.39 is 34.4 Å². The minimum Gasteiger partial charge on any atom is -0.497 e. The van der Waals surface area contributed by atoms with Gasteiger partial charge in [-0.1, -0.05) is 30.3 Å². The molecule has 3 N–H and O–H groups in total. The molecule has 0 saturated carbocycles. The second-order valence-corrected chi connectivity index (χ2v) is 7.69. The molecule has 8 nitrogen and oxygen atoms in total. The summed E-state index contributed by atoms with van der Waals surface area (Å²) in [4.78, 5) is 23.3. The van der Waals surface area contributed by atoms with Crippen molar-refractivity contribution >= 4 is 21.9 Å². The number of ether oxygens (including phenoxy) is 1. The van der Waals surface area contributed by atoms with Crippen LogP contribution in [0.2, 0.25) is 0 Å². The molecule has 0 aromatic heterocycles. The molecule has 2 rings (SSSR count). The summed E-state index contributed by atoms with van der Waals surface area (Å²) in [5, 5.41) is 11.6. The number of carbonyl (C=O) groups excluding carboxylic acids is 1.